The van der Waals surface area contributed by atoms with Crippen molar-refractivity contribution in [3.8, 4) is 0 Å². The lowest BCUT2D eigenvalue weighted by Gasteiger charge is -2.36. The third-order valence-electron chi connectivity index (χ3n) is 3.75. The highest BCUT2D eigenvalue weighted by Crippen LogP contribution is 2.37. The molecular formula is C15H21FN2O. The van der Waals surface area contributed by atoms with Crippen molar-refractivity contribution in [3.63, 3.8) is 0 Å². The predicted octanol–water partition coefficient (Wildman–Crippen LogP) is 2.14. The highest BCUT2D eigenvalue weighted by Gasteiger charge is 2.31. The lowest BCUT2D eigenvalue weighted by Crippen LogP contribution is -2.41. The molecule has 1 fully saturated rings. The fourth-order valence-corrected chi connectivity index (χ4v) is 2.45. The molecule has 0 spiro atoms. The number of nitrogens with zero attached hydrogens (tertiary/aromatic N) is 1. The quantitative estimate of drug-likeness (QED) is 0.883. The molecule has 0 bridgehead atoms. The van der Waals surface area contributed by atoms with E-state index in [9.17, 15) is 9.18 Å². The van der Waals surface area contributed by atoms with Gasteiger partial charge in [-0.15, -0.1) is 0 Å². The van der Waals surface area contributed by atoms with Gasteiger partial charge in [-0.3, -0.25) is 4.79 Å². The van der Waals surface area contributed by atoms with Crippen molar-refractivity contribution < 1.29 is 9.18 Å². The number of carbonyl (C=O) groups excluding carboxylic acids is 1. The standard InChI is InChI=1S/C15H21FN2O/c1-18(2)15(19)7-8-17-12-9-11(10-12)13-5-3-4-6-14(13)16/h3-6,11-12,17H,7-10H2,1-2H3. The zero-order chi connectivity index (χ0) is 13.8. The number of benzene rings is 1. The summed E-state index contributed by atoms with van der Waals surface area (Å²) in [5.74, 6) is 0.356. The van der Waals surface area contributed by atoms with Crippen LogP contribution in [-0.4, -0.2) is 37.5 Å². The van der Waals surface area contributed by atoms with E-state index in [1.54, 1.807) is 25.1 Å². The summed E-state index contributed by atoms with van der Waals surface area (Å²) in [6, 6.07) is 7.41. The number of hydrogen-bond donors (Lipinski definition) is 1. The molecule has 1 aliphatic carbocycles. The van der Waals surface area contributed by atoms with Gasteiger partial charge in [-0.1, -0.05) is 18.2 Å². The maximum Gasteiger partial charge on any atom is 0.223 e. The Kier molecular flexibility index (Phi) is 4.53. The molecule has 1 aliphatic rings. The van der Waals surface area contributed by atoms with Crippen LogP contribution < -0.4 is 5.32 Å². The van der Waals surface area contributed by atoms with E-state index in [4.69, 9.17) is 0 Å². The molecule has 1 N–H and O–H groups in total. The average molecular weight is 264 g/mol. The van der Waals surface area contributed by atoms with E-state index in [-0.39, 0.29) is 11.7 Å². The molecule has 0 aromatic heterocycles. The van der Waals surface area contributed by atoms with Crippen LogP contribution in [0.1, 0.15) is 30.7 Å². The normalized spacial score (nSPS) is 21.8. The van der Waals surface area contributed by atoms with E-state index in [1.165, 1.54) is 6.07 Å². The topological polar surface area (TPSA) is 32.3 Å². The second kappa shape index (κ2) is 6.15. The van der Waals surface area contributed by atoms with Crippen molar-refractivity contribution in [2.75, 3.05) is 20.6 Å². The van der Waals surface area contributed by atoms with Crippen LogP contribution in [0, 0.1) is 5.82 Å². The van der Waals surface area contributed by atoms with E-state index < -0.39 is 0 Å². The van der Waals surface area contributed by atoms with Crippen molar-refractivity contribution in [1.29, 1.82) is 0 Å². The monoisotopic (exact) mass is 264 g/mol. The minimum absolute atomic E-state index is 0.103. The van der Waals surface area contributed by atoms with Crippen LogP contribution in [0.2, 0.25) is 0 Å². The molecule has 1 amide bonds. The minimum atomic E-state index is -0.103. The van der Waals surface area contributed by atoms with Gasteiger partial charge in [0.1, 0.15) is 5.82 Å². The first kappa shape index (κ1) is 14.0. The maximum absolute atomic E-state index is 13.6. The van der Waals surface area contributed by atoms with Gasteiger partial charge in [0.15, 0.2) is 0 Å². The van der Waals surface area contributed by atoms with Crippen LogP contribution in [0.25, 0.3) is 0 Å². The van der Waals surface area contributed by atoms with Crippen molar-refractivity contribution >= 4 is 5.91 Å². The Morgan fingerprint density at radius 2 is 2.05 bits per heavy atom. The third kappa shape index (κ3) is 3.53. The smallest absolute Gasteiger partial charge is 0.223 e. The fraction of sp³-hybridized carbons (Fsp3) is 0.533. The molecule has 0 heterocycles. The van der Waals surface area contributed by atoms with E-state index in [2.05, 4.69) is 5.32 Å². The number of carbonyl (C=O) groups is 1. The van der Waals surface area contributed by atoms with Gasteiger partial charge in [-0.25, -0.2) is 4.39 Å². The summed E-state index contributed by atoms with van der Waals surface area (Å²) < 4.78 is 13.6. The molecule has 0 saturated heterocycles. The third-order valence-corrected chi connectivity index (χ3v) is 3.75. The number of hydrogen-bond acceptors (Lipinski definition) is 2. The number of halogens is 1. The van der Waals surface area contributed by atoms with Gasteiger partial charge in [0.05, 0.1) is 0 Å². The minimum Gasteiger partial charge on any atom is -0.349 e. The van der Waals surface area contributed by atoms with Crippen molar-refractivity contribution in [2.24, 2.45) is 0 Å². The molecule has 19 heavy (non-hydrogen) atoms. The fourth-order valence-electron chi connectivity index (χ4n) is 2.45. The molecule has 0 unspecified atom stereocenters. The van der Waals surface area contributed by atoms with E-state index in [1.807, 2.05) is 12.1 Å². The molecule has 1 aromatic rings. The Morgan fingerprint density at radius 1 is 1.37 bits per heavy atom. The zero-order valence-electron chi connectivity index (χ0n) is 11.5. The van der Waals surface area contributed by atoms with Gasteiger partial charge in [0.25, 0.3) is 0 Å². The van der Waals surface area contributed by atoms with Crippen molar-refractivity contribution in [3.05, 3.63) is 35.6 Å². The van der Waals surface area contributed by atoms with E-state index in [0.29, 0.717) is 24.9 Å². The van der Waals surface area contributed by atoms with Gasteiger partial charge in [-0.05, 0) is 30.4 Å². The van der Waals surface area contributed by atoms with Gasteiger partial charge in [-0.2, -0.15) is 0 Å². The predicted molar refractivity (Wildman–Crippen MR) is 73.5 cm³/mol. The Hall–Kier alpha value is -1.42. The second-order valence-electron chi connectivity index (χ2n) is 5.38. The average Bonchev–Trinajstić information content (AvgIpc) is 2.33. The molecule has 3 nitrogen and oxygen atoms in total. The molecule has 104 valence electrons. The van der Waals surface area contributed by atoms with E-state index >= 15 is 0 Å². The molecule has 0 atom stereocenters. The molecule has 1 aromatic carbocycles. The summed E-state index contributed by atoms with van der Waals surface area (Å²) in [6.45, 7) is 0.700. The maximum atomic E-state index is 13.6. The lowest BCUT2D eigenvalue weighted by atomic mass is 9.75. The van der Waals surface area contributed by atoms with Crippen LogP contribution in [0.4, 0.5) is 4.39 Å². The summed E-state index contributed by atoms with van der Waals surface area (Å²) >= 11 is 0. The molecule has 2 rings (SSSR count). The second-order valence-corrected chi connectivity index (χ2v) is 5.38. The van der Waals surface area contributed by atoms with Crippen molar-refractivity contribution in [2.45, 2.75) is 31.2 Å². The Bertz CT molecular complexity index is 442. The first-order chi connectivity index (χ1) is 9.08. The summed E-state index contributed by atoms with van der Waals surface area (Å²) in [7, 11) is 3.53. The number of rotatable bonds is 5. The van der Waals surface area contributed by atoms with Crippen molar-refractivity contribution in [1.82, 2.24) is 10.2 Å². The first-order valence-corrected chi connectivity index (χ1v) is 6.76. The zero-order valence-corrected chi connectivity index (χ0v) is 11.5. The molecule has 0 radical (unpaired) electrons. The van der Waals surface area contributed by atoms with E-state index in [0.717, 1.165) is 18.4 Å². The van der Waals surface area contributed by atoms with Crippen LogP contribution in [-0.2, 0) is 4.79 Å². The number of amides is 1. The largest absolute Gasteiger partial charge is 0.349 e. The van der Waals surface area contributed by atoms with Crippen LogP contribution in [0.15, 0.2) is 24.3 Å². The highest BCUT2D eigenvalue weighted by molar-refractivity contribution is 5.75. The summed E-state index contributed by atoms with van der Waals surface area (Å²) in [5, 5.41) is 3.35. The Balaban J connectivity index is 1.70. The van der Waals surface area contributed by atoms with Crippen LogP contribution in [0.3, 0.4) is 0 Å². The highest BCUT2D eigenvalue weighted by atomic mass is 19.1. The van der Waals surface area contributed by atoms with Gasteiger partial charge < -0.3 is 10.2 Å². The summed E-state index contributed by atoms with van der Waals surface area (Å²) in [6.07, 6.45) is 2.43. The molecule has 1 saturated carbocycles. The van der Waals surface area contributed by atoms with Crippen LogP contribution >= 0.6 is 0 Å². The SMILES string of the molecule is CN(C)C(=O)CCNC1CC(c2ccccc2F)C1. The molecular weight excluding hydrogens is 243 g/mol. The molecule has 0 aliphatic heterocycles. The van der Waals surface area contributed by atoms with Gasteiger partial charge in [0, 0.05) is 33.1 Å². The van der Waals surface area contributed by atoms with Gasteiger partial charge >= 0.3 is 0 Å². The first-order valence-electron chi connectivity index (χ1n) is 6.76. The molecule has 4 heteroatoms. The summed E-state index contributed by atoms with van der Waals surface area (Å²) in [5.41, 5.74) is 0.824. The van der Waals surface area contributed by atoms with Crippen LogP contribution in [0.5, 0.6) is 0 Å². The lowest BCUT2D eigenvalue weighted by molar-refractivity contribution is -0.128. The number of nitrogens with one attached hydrogen (secondary N) is 1. The Morgan fingerprint density at radius 3 is 2.68 bits per heavy atom. The Labute approximate surface area is 113 Å². The van der Waals surface area contributed by atoms with Gasteiger partial charge in [0.2, 0.25) is 5.91 Å². The summed E-state index contributed by atoms with van der Waals surface area (Å²) in [4.78, 5) is 13.0.